The van der Waals surface area contributed by atoms with Gasteiger partial charge < -0.3 is 5.73 Å². The fourth-order valence-electron chi connectivity index (χ4n) is 1.46. The third-order valence-electron chi connectivity index (χ3n) is 2.17. The highest BCUT2D eigenvalue weighted by atomic mass is 35.5. The molecule has 2 rings (SSSR count). The van der Waals surface area contributed by atoms with E-state index in [0.717, 1.165) is 0 Å². The van der Waals surface area contributed by atoms with Gasteiger partial charge in [0.15, 0.2) is 0 Å². The minimum Gasteiger partial charge on any atom is -0.329 e. The molecule has 0 aliphatic carbocycles. The molecule has 78 valence electrons. The monoisotopic (exact) mass is 223 g/mol. The lowest BCUT2D eigenvalue weighted by molar-refractivity contribution is 0.675. The maximum atomic E-state index is 11.9. The van der Waals surface area contributed by atoms with Crippen molar-refractivity contribution in [3.63, 3.8) is 0 Å². The molecule has 0 bridgehead atoms. The lowest BCUT2D eigenvalue weighted by Gasteiger charge is -2.07. The second-order valence-electron chi connectivity index (χ2n) is 3.14. The lowest BCUT2D eigenvalue weighted by atomic mass is 10.2. The van der Waals surface area contributed by atoms with Gasteiger partial charge in [-0.1, -0.05) is 12.1 Å². The van der Waals surface area contributed by atoms with E-state index in [1.54, 1.807) is 18.2 Å². The molecule has 0 aliphatic rings. The van der Waals surface area contributed by atoms with Gasteiger partial charge in [-0.25, -0.2) is 4.98 Å². The number of halogens is 1. The first-order valence-corrected chi connectivity index (χ1v) is 4.97. The normalized spacial score (nSPS) is 10.8. The van der Waals surface area contributed by atoms with Crippen LogP contribution in [0.25, 0.3) is 10.9 Å². The van der Waals surface area contributed by atoms with E-state index in [1.807, 2.05) is 6.07 Å². The van der Waals surface area contributed by atoms with Crippen molar-refractivity contribution in [1.29, 1.82) is 0 Å². The topological polar surface area (TPSA) is 60.9 Å². The van der Waals surface area contributed by atoms with Crippen LogP contribution in [0.1, 0.15) is 0 Å². The average Bonchev–Trinajstić information content (AvgIpc) is 2.24. The number of rotatable bonds is 2. The van der Waals surface area contributed by atoms with Crippen LogP contribution in [0.2, 0.25) is 5.28 Å². The van der Waals surface area contributed by atoms with Crippen LogP contribution in [0.4, 0.5) is 0 Å². The molecule has 0 radical (unpaired) electrons. The van der Waals surface area contributed by atoms with Gasteiger partial charge in [0.05, 0.1) is 10.9 Å². The number of para-hydroxylation sites is 1. The molecule has 1 aromatic carbocycles. The Morgan fingerprint density at radius 2 is 2.13 bits per heavy atom. The highest BCUT2D eigenvalue weighted by molar-refractivity contribution is 6.28. The maximum Gasteiger partial charge on any atom is 0.262 e. The maximum absolute atomic E-state index is 11.9. The van der Waals surface area contributed by atoms with Crippen LogP contribution in [0, 0.1) is 0 Å². The summed E-state index contributed by atoms with van der Waals surface area (Å²) in [6.07, 6.45) is 0. The number of fused-ring (bicyclic) bond motifs is 1. The Hall–Kier alpha value is -1.39. The van der Waals surface area contributed by atoms with E-state index < -0.39 is 0 Å². The van der Waals surface area contributed by atoms with Gasteiger partial charge in [-0.15, -0.1) is 0 Å². The Labute approximate surface area is 91.3 Å². The molecule has 0 saturated heterocycles. The summed E-state index contributed by atoms with van der Waals surface area (Å²) in [5.41, 5.74) is 5.87. The zero-order valence-corrected chi connectivity index (χ0v) is 8.74. The number of hydrogen-bond donors (Lipinski definition) is 1. The third-order valence-corrected chi connectivity index (χ3v) is 2.46. The second-order valence-corrected chi connectivity index (χ2v) is 3.48. The van der Waals surface area contributed by atoms with E-state index in [1.165, 1.54) is 4.57 Å². The molecule has 0 aliphatic heterocycles. The molecule has 1 aromatic heterocycles. The molecule has 0 amide bonds. The van der Waals surface area contributed by atoms with Gasteiger partial charge in [-0.3, -0.25) is 9.36 Å². The van der Waals surface area contributed by atoms with Gasteiger partial charge in [-0.2, -0.15) is 0 Å². The Bertz CT molecular complexity index is 550. The van der Waals surface area contributed by atoms with Gasteiger partial charge in [0.1, 0.15) is 0 Å². The molecule has 0 unspecified atom stereocenters. The molecule has 2 N–H and O–H groups in total. The van der Waals surface area contributed by atoms with Crippen molar-refractivity contribution in [1.82, 2.24) is 9.55 Å². The summed E-state index contributed by atoms with van der Waals surface area (Å²) >= 11 is 5.88. The molecule has 0 spiro atoms. The smallest absolute Gasteiger partial charge is 0.262 e. The summed E-state index contributed by atoms with van der Waals surface area (Å²) in [5.74, 6) is 0. The summed E-state index contributed by atoms with van der Waals surface area (Å²) in [7, 11) is 0. The molecule has 0 fully saturated rings. The van der Waals surface area contributed by atoms with Gasteiger partial charge in [-0.05, 0) is 23.7 Å². The van der Waals surface area contributed by atoms with Crippen LogP contribution in [-0.2, 0) is 6.54 Å². The van der Waals surface area contributed by atoms with Crippen molar-refractivity contribution in [3.05, 3.63) is 39.9 Å². The van der Waals surface area contributed by atoms with Crippen molar-refractivity contribution in [3.8, 4) is 0 Å². The van der Waals surface area contributed by atoms with E-state index in [2.05, 4.69) is 4.98 Å². The number of hydrogen-bond acceptors (Lipinski definition) is 3. The summed E-state index contributed by atoms with van der Waals surface area (Å²) in [6, 6.07) is 7.11. The van der Waals surface area contributed by atoms with E-state index in [4.69, 9.17) is 17.3 Å². The first-order chi connectivity index (χ1) is 7.24. The number of nitrogens with two attached hydrogens (primary N) is 1. The number of nitrogens with zero attached hydrogens (tertiary/aromatic N) is 2. The minimum atomic E-state index is -0.143. The molecule has 0 saturated carbocycles. The summed E-state index contributed by atoms with van der Waals surface area (Å²) in [4.78, 5) is 16.1. The van der Waals surface area contributed by atoms with Crippen LogP contribution >= 0.6 is 11.6 Å². The molecule has 2 aromatic rings. The Morgan fingerprint density at radius 1 is 1.40 bits per heavy atom. The highest BCUT2D eigenvalue weighted by Gasteiger charge is 2.07. The average molecular weight is 224 g/mol. The highest BCUT2D eigenvalue weighted by Crippen LogP contribution is 2.10. The third kappa shape index (κ3) is 1.73. The van der Waals surface area contributed by atoms with Crippen LogP contribution in [0.15, 0.2) is 29.1 Å². The molecular weight excluding hydrogens is 214 g/mol. The van der Waals surface area contributed by atoms with E-state index >= 15 is 0 Å². The van der Waals surface area contributed by atoms with Crippen molar-refractivity contribution in [2.45, 2.75) is 6.54 Å². The largest absolute Gasteiger partial charge is 0.329 e. The lowest BCUT2D eigenvalue weighted by Crippen LogP contribution is -2.25. The van der Waals surface area contributed by atoms with Crippen LogP contribution in [0.5, 0.6) is 0 Å². The van der Waals surface area contributed by atoms with Gasteiger partial charge in [0, 0.05) is 13.1 Å². The summed E-state index contributed by atoms with van der Waals surface area (Å²) in [5, 5.41) is 0.750. The SMILES string of the molecule is NCCn1c(Cl)nc2ccccc2c1=O. The van der Waals surface area contributed by atoms with Crippen LogP contribution < -0.4 is 11.3 Å². The van der Waals surface area contributed by atoms with Crippen molar-refractivity contribution in [2.75, 3.05) is 6.54 Å². The standard InChI is InChI=1S/C10H10ClN3O/c11-10-13-8-4-2-1-3-7(8)9(15)14(10)6-5-12/h1-4H,5-6,12H2. The predicted molar refractivity (Wildman–Crippen MR) is 60.1 cm³/mol. The molecule has 5 heteroatoms. The van der Waals surface area contributed by atoms with Crippen LogP contribution in [0.3, 0.4) is 0 Å². The molecule has 1 heterocycles. The first-order valence-electron chi connectivity index (χ1n) is 4.59. The fourth-order valence-corrected chi connectivity index (χ4v) is 1.72. The van der Waals surface area contributed by atoms with Crippen LogP contribution in [-0.4, -0.2) is 16.1 Å². The molecule has 15 heavy (non-hydrogen) atoms. The fraction of sp³-hybridized carbons (Fsp3) is 0.200. The Morgan fingerprint density at radius 3 is 2.87 bits per heavy atom. The van der Waals surface area contributed by atoms with Crippen molar-refractivity contribution < 1.29 is 0 Å². The quantitative estimate of drug-likeness (QED) is 0.773. The second kappa shape index (κ2) is 4.00. The van der Waals surface area contributed by atoms with E-state index in [-0.39, 0.29) is 10.8 Å². The zero-order valence-electron chi connectivity index (χ0n) is 7.98. The van der Waals surface area contributed by atoms with Gasteiger partial charge in [0.25, 0.3) is 5.56 Å². The minimum absolute atomic E-state index is 0.143. The van der Waals surface area contributed by atoms with Crippen molar-refractivity contribution >= 4 is 22.5 Å². The Balaban J connectivity index is 2.78. The van der Waals surface area contributed by atoms with E-state index in [0.29, 0.717) is 24.0 Å². The molecular formula is C10H10ClN3O. The Kier molecular flexibility index (Phi) is 2.70. The number of aromatic nitrogens is 2. The van der Waals surface area contributed by atoms with E-state index in [9.17, 15) is 4.79 Å². The van der Waals surface area contributed by atoms with Gasteiger partial charge in [0.2, 0.25) is 5.28 Å². The zero-order chi connectivity index (χ0) is 10.8. The summed E-state index contributed by atoms with van der Waals surface area (Å²) < 4.78 is 1.38. The predicted octanol–water partition coefficient (Wildman–Crippen LogP) is 1.01. The van der Waals surface area contributed by atoms with Gasteiger partial charge >= 0.3 is 0 Å². The summed E-state index contributed by atoms with van der Waals surface area (Å²) in [6.45, 7) is 0.745. The number of benzene rings is 1. The first kappa shape index (κ1) is 10.1. The molecule has 4 nitrogen and oxygen atoms in total. The van der Waals surface area contributed by atoms with Crippen molar-refractivity contribution in [2.24, 2.45) is 5.73 Å². The molecule has 0 atom stereocenters.